The number of rotatable bonds is 5. The van der Waals surface area contributed by atoms with Crippen molar-refractivity contribution in [3.05, 3.63) is 40.7 Å². The van der Waals surface area contributed by atoms with Crippen molar-refractivity contribution in [2.24, 2.45) is 0 Å². The number of aromatic nitrogens is 1. The van der Waals surface area contributed by atoms with Crippen LogP contribution in [0.15, 0.2) is 34.4 Å². The molecule has 0 radical (unpaired) electrons. The minimum Gasteiger partial charge on any atom is -0.469 e. The van der Waals surface area contributed by atoms with E-state index in [9.17, 15) is 0 Å². The summed E-state index contributed by atoms with van der Waals surface area (Å²) in [6, 6.07) is 4.58. The summed E-state index contributed by atoms with van der Waals surface area (Å²) in [4.78, 5) is 7.04. The third-order valence-electron chi connectivity index (χ3n) is 3.55. The fourth-order valence-corrected chi connectivity index (χ4v) is 3.49. The van der Waals surface area contributed by atoms with Crippen LogP contribution in [0.3, 0.4) is 0 Å². The summed E-state index contributed by atoms with van der Waals surface area (Å²) in [5.74, 6) is 1.10. The molecular formula is C14H18N2OS. The van der Waals surface area contributed by atoms with Crippen molar-refractivity contribution in [3.63, 3.8) is 0 Å². The van der Waals surface area contributed by atoms with Crippen LogP contribution in [0, 0.1) is 0 Å². The van der Waals surface area contributed by atoms with Gasteiger partial charge in [0.25, 0.3) is 0 Å². The number of nitrogens with zero attached hydrogens (tertiary/aromatic N) is 2. The summed E-state index contributed by atoms with van der Waals surface area (Å²) in [7, 11) is 0. The lowest BCUT2D eigenvalue weighted by Crippen LogP contribution is -2.24. The van der Waals surface area contributed by atoms with E-state index in [4.69, 9.17) is 4.42 Å². The zero-order valence-electron chi connectivity index (χ0n) is 10.4. The Morgan fingerprint density at radius 2 is 2.50 bits per heavy atom. The van der Waals surface area contributed by atoms with Gasteiger partial charge in [0.05, 0.1) is 12.3 Å². The van der Waals surface area contributed by atoms with E-state index in [1.54, 1.807) is 17.6 Å². The highest BCUT2D eigenvalue weighted by atomic mass is 32.1. The molecule has 4 heteroatoms. The molecular weight excluding hydrogens is 244 g/mol. The van der Waals surface area contributed by atoms with Crippen LogP contribution >= 0.6 is 11.3 Å². The van der Waals surface area contributed by atoms with Gasteiger partial charge in [0.2, 0.25) is 0 Å². The van der Waals surface area contributed by atoms with Crippen LogP contribution in [-0.2, 0) is 6.42 Å². The van der Waals surface area contributed by atoms with Gasteiger partial charge in [0.1, 0.15) is 10.8 Å². The van der Waals surface area contributed by atoms with Crippen LogP contribution in [0.5, 0.6) is 0 Å². The summed E-state index contributed by atoms with van der Waals surface area (Å²) in [5.41, 5.74) is 0. The van der Waals surface area contributed by atoms with Crippen LogP contribution in [0.25, 0.3) is 0 Å². The van der Waals surface area contributed by atoms with E-state index in [2.05, 4.69) is 21.3 Å². The second kappa shape index (κ2) is 5.67. The van der Waals surface area contributed by atoms with Crippen molar-refractivity contribution in [2.45, 2.75) is 31.7 Å². The molecule has 0 saturated carbocycles. The van der Waals surface area contributed by atoms with E-state index in [1.165, 1.54) is 24.4 Å². The molecule has 3 heterocycles. The lowest BCUT2D eigenvalue weighted by Gasteiger charge is -2.22. The average molecular weight is 262 g/mol. The van der Waals surface area contributed by atoms with Crippen molar-refractivity contribution in [3.8, 4) is 0 Å². The fourth-order valence-electron chi connectivity index (χ4n) is 2.68. The third-order valence-corrected chi connectivity index (χ3v) is 4.43. The highest BCUT2D eigenvalue weighted by Crippen LogP contribution is 2.32. The van der Waals surface area contributed by atoms with E-state index in [-0.39, 0.29) is 0 Å². The number of thiazole rings is 1. The highest BCUT2D eigenvalue weighted by molar-refractivity contribution is 7.09. The normalized spacial score (nSPS) is 20.6. The second-order valence-corrected chi connectivity index (χ2v) is 5.67. The molecule has 1 aliphatic rings. The largest absolute Gasteiger partial charge is 0.469 e. The SMILES string of the molecule is c1coc(CCCN2CCCC2c2nccs2)c1. The number of likely N-dealkylation sites (tertiary alicyclic amines) is 1. The standard InChI is InChI=1S/C14H18N2OS/c1(4-12-5-3-10-17-12)8-16-9-2-6-13(16)14-15-7-11-18-14/h3,5,7,10-11,13H,1-2,4,6,8-9H2. The van der Waals surface area contributed by atoms with E-state index in [1.807, 2.05) is 12.3 Å². The van der Waals surface area contributed by atoms with Crippen LogP contribution in [0.4, 0.5) is 0 Å². The predicted molar refractivity (Wildman–Crippen MR) is 72.7 cm³/mol. The maximum absolute atomic E-state index is 5.37. The Labute approximate surface area is 111 Å². The number of aryl methyl sites for hydroxylation is 1. The molecule has 1 atom stereocenters. The lowest BCUT2D eigenvalue weighted by molar-refractivity contribution is 0.251. The third kappa shape index (κ3) is 2.65. The van der Waals surface area contributed by atoms with Crippen LogP contribution in [0.1, 0.15) is 36.1 Å². The van der Waals surface area contributed by atoms with Gasteiger partial charge in [-0.25, -0.2) is 4.98 Å². The second-order valence-electron chi connectivity index (χ2n) is 4.75. The first-order valence-electron chi connectivity index (χ1n) is 6.59. The summed E-state index contributed by atoms with van der Waals surface area (Å²) >= 11 is 1.78. The monoisotopic (exact) mass is 262 g/mol. The van der Waals surface area contributed by atoms with Gasteiger partial charge in [0, 0.05) is 18.0 Å². The van der Waals surface area contributed by atoms with Crippen molar-refractivity contribution in [1.82, 2.24) is 9.88 Å². The number of furan rings is 1. The quantitative estimate of drug-likeness (QED) is 0.826. The molecule has 1 fully saturated rings. The minimum atomic E-state index is 0.557. The van der Waals surface area contributed by atoms with Gasteiger partial charge < -0.3 is 4.42 Å². The van der Waals surface area contributed by atoms with E-state index in [0.717, 1.165) is 25.1 Å². The van der Waals surface area contributed by atoms with Crippen molar-refractivity contribution < 1.29 is 4.42 Å². The molecule has 96 valence electrons. The summed E-state index contributed by atoms with van der Waals surface area (Å²) < 4.78 is 5.37. The molecule has 3 rings (SSSR count). The molecule has 0 aromatic carbocycles. The van der Waals surface area contributed by atoms with E-state index >= 15 is 0 Å². The molecule has 3 nitrogen and oxygen atoms in total. The Balaban J connectivity index is 1.52. The first kappa shape index (κ1) is 11.9. The highest BCUT2D eigenvalue weighted by Gasteiger charge is 2.27. The Bertz CT molecular complexity index is 452. The molecule has 0 aliphatic carbocycles. The maximum atomic E-state index is 5.37. The molecule has 0 amide bonds. The Morgan fingerprint density at radius 3 is 3.28 bits per heavy atom. The van der Waals surface area contributed by atoms with Crippen molar-refractivity contribution in [2.75, 3.05) is 13.1 Å². The van der Waals surface area contributed by atoms with Gasteiger partial charge in [-0.15, -0.1) is 11.3 Å². The van der Waals surface area contributed by atoms with Gasteiger partial charge in [-0.2, -0.15) is 0 Å². The van der Waals surface area contributed by atoms with E-state index in [0.29, 0.717) is 6.04 Å². The zero-order chi connectivity index (χ0) is 12.2. The van der Waals surface area contributed by atoms with Crippen LogP contribution in [-0.4, -0.2) is 23.0 Å². The molecule has 0 spiro atoms. The molecule has 18 heavy (non-hydrogen) atoms. The van der Waals surface area contributed by atoms with Crippen molar-refractivity contribution in [1.29, 1.82) is 0 Å². The Kier molecular flexibility index (Phi) is 3.76. The van der Waals surface area contributed by atoms with Crippen LogP contribution in [0.2, 0.25) is 0 Å². The summed E-state index contributed by atoms with van der Waals surface area (Å²) in [6.45, 7) is 2.35. The zero-order valence-corrected chi connectivity index (χ0v) is 11.2. The topological polar surface area (TPSA) is 29.3 Å². The lowest BCUT2D eigenvalue weighted by atomic mass is 10.2. The molecule has 1 aliphatic heterocycles. The van der Waals surface area contributed by atoms with Gasteiger partial charge in [-0.3, -0.25) is 4.90 Å². The minimum absolute atomic E-state index is 0.557. The van der Waals surface area contributed by atoms with Gasteiger partial charge in [-0.1, -0.05) is 0 Å². The van der Waals surface area contributed by atoms with Gasteiger partial charge in [-0.05, 0) is 44.5 Å². The molecule has 1 saturated heterocycles. The Hall–Kier alpha value is -1.13. The average Bonchev–Trinajstić information content (AvgIpc) is 3.12. The van der Waals surface area contributed by atoms with Gasteiger partial charge in [0.15, 0.2) is 0 Å². The first-order chi connectivity index (χ1) is 8.93. The fraction of sp³-hybridized carbons (Fsp3) is 0.500. The predicted octanol–water partition coefficient (Wildman–Crippen LogP) is 3.51. The summed E-state index contributed by atoms with van der Waals surface area (Å²) in [6.07, 6.45) is 8.42. The van der Waals surface area contributed by atoms with Crippen molar-refractivity contribution >= 4 is 11.3 Å². The first-order valence-corrected chi connectivity index (χ1v) is 7.47. The molecule has 0 N–H and O–H groups in total. The molecule has 1 unspecified atom stereocenters. The maximum Gasteiger partial charge on any atom is 0.110 e. The summed E-state index contributed by atoms with van der Waals surface area (Å²) in [5, 5.41) is 3.36. The molecule has 0 bridgehead atoms. The molecule has 2 aromatic rings. The molecule has 2 aromatic heterocycles. The number of hydrogen-bond donors (Lipinski definition) is 0. The van der Waals surface area contributed by atoms with E-state index < -0.39 is 0 Å². The van der Waals surface area contributed by atoms with Gasteiger partial charge >= 0.3 is 0 Å². The smallest absolute Gasteiger partial charge is 0.110 e. The number of hydrogen-bond acceptors (Lipinski definition) is 4. The Morgan fingerprint density at radius 1 is 1.50 bits per heavy atom. The van der Waals surface area contributed by atoms with Crippen LogP contribution < -0.4 is 0 Å².